The molecule has 1 heterocycles. The highest BCUT2D eigenvalue weighted by Crippen LogP contribution is 2.29. The molecule has 2 atom stereocenters. The minimum atomic E-state index is -0.548. The molecule has 1 saturated heterocycles. The van der Waals surface area contributed by atoms with E-state index in [4.69, 9.17) is 4.74 Å². The summed E-state index contributed by atoms with van der Waals surface area (Å²) in [4.78, 5) is 27.5. The zero-order valence-corrected chi connectivity index (χ0v) is 22.8. The molecule has 2 amide bonds. The van der Waals surface area contributed by atoms with Crippen molar-refractivity contribution >= 4 is 12.0 Å². The maximum Gasteiger partial charge on any atom is 0.407 e. The van der Waals surface area contributed by atoms with Crippen molar-refractivity contribution in [3.8, 4) is 22.3 Å². The summed E-state index contributed by atoms with van der Waals surface area (Å²) < 4.78 is 32.4. The second-order valence-corrected chi connectivity index (χ2v) is 11.1. The number of rotatable bonds is 7. The van der Waals surface area contributed by atoms with Crippen molar-refractivity contribution in [1.82, 2.24) is 15.5 Å². The molecule has 1 fully saturated rings. The highest BCUT2D eigenvalue weighted by atomic mass is 19.1. The number of benzene rings is 3. The molecule has 0 aromatic heterocycles. The van der Waals surface area contributed by atoms with Crippen LogP contribution in [0.2, 0.25) is 0 Å². The Morgan fingerprint density at radius 1 is 0.846 bits per heavy atom. The van der Waals surface area contributed by atoms with Crippen LogP contribution in [0.3, 0.4) is 0 Å². The lowest BCUT2D eigenvalue weighted by molar-refractivity contribution is 0.0519. The standard InChI is InChI=1S/C31H35F2N3O3/c1-31(2,3)39-30(38)35-17-20-13-28(36(4)19-20)18-34-29(37)25-15-23(21-5-9-26(32)10-6-21)14-24(16-25)22-7-11-27(33)12-8-22/h5-12,14-16,20,28H,13,17-19H2,1-4H3,(H,34,37)(H,35,38)/t20-,28-/m0/s1. The predicted octanol–water partition coefficient (Wildman–Crippen LogP) is 5.87. The quantitative estimate of drug-likeness (QED) is 0.397. The summed E-state index contributed by atoms with van der Waals surface area (Å²) >= 11 is 0. The molecule has 0 saturated carbocycles. The molecule has 0 aliphatic carbocycles. The van der Waals surface area contributed by atoms with E-state index >= 15 is 0 Å². The molecular formula is C31H35F2N3O3. The molecule has 0 bridgehead atoms. The lowest BCUT2D eigenvalue weighted by atomic mass is 9.95. The molecule has 1 aliphatic heterocycles. The van der Waals surface area contributed by atoms with E-state index in [1.807, 2.05) is 33.9 Å². The molecule has 39 heavy (non-hydrogen) atoms. The van der Waals surface area contributed by atoms with Crippen LogP contribution >= 0.6 is 0 Å². The lowest BCUT2D eigenvalue weighted by Crippen LogP contribution is -2.38. The molecule has 2 N–H and O–H groups in total. The van der Waals surface area contributed by atoms with Crippen molar-refractivity contribution in [3.63, 3.8) is 0 Å². The zero-order chi connectivity index (χ0) is 28.2. The highest BCUT2D eigenvalue weighted by Gasteiger charge is 2.30. The first-order valence-electron chi connectivity index (χ1n) is 13.1. The van der Waals surface area contributed by atoms with Gasteiger partial charge in [-0.25, -0.2) is 13.6 Å². The highest BCUT2D eigenvalue weighted by molar-refractivity contribution is 5.97. The lowest BCUT2D eigenvalue weighted by Gasteiger charge is -2.20. The van der Waals surface area contributed by atoms with Gasteiger partial charge in [-0.3, -0.25) is 4.79 Å². The summed E-state index contributed by atoms with van der Waals surface area (Å²) in [5.41, 5.74) is 2.96. The fraction of sp³-hybridized carbons (Fsp3) is 0.355. The van der Waals surface area contributed by atoms with Crippen molar-refractivity contribution in [2.75, 3.05) is 26.7 Å². The minimum absolute atomic E-state index is 0.122. The van der Waals surface area contributed by atoms with Gasteiger partial charge in [0.15, 0.2) is 0 Å². The first-order valence-corrected chi connectivity index (χ1v) is 13.1. The van der Waals surface area contributed by atoms with Crippen molar-refractivity contribution in [3.05, 3.63) is 83.9 Å². The number of nitrogens with zero attached hydrogens (tertiary/aromatic N) is 1. The van der Waals surface area contributed by atoms with Gasteiger partial charge in [0.2, 0.25) is 0 Å². The van der Waals surface area contributed by atoms with E-state index in [0.29, 0.717) is 18.7 Å². The number of likely N-dealkylation sites (N-methyl/N-ethyl adjacent to an activating group) is 1. The van der Waals surface area contributed by atoms with Gasteiger partial charge in [-0.15, -0.1) is 0 Å². The Morgan fingerprint density at radius 2 is 1.38 bits per heavy atom. The van der Waals surface area contributed by atoms with Gasteiger partial charge < -0.3 is 20.3 Å². The third kappa shape index (κ3) is 7.86. The molecular weight excluding hydrogens is 500 g/mol. The normalized spacial score (nSPS) is 17.6. The van der Waals surface area contributed by atoms with E-state index < -0.39 is 11.7 Å². The summed E-state index contributed by atoms with van der Waals surface area (Å²) in [6, 6.07) is 17.8. The van der Waals surface area contributed by atoms with Crippen LogP contribution in [0.5, 0.6) is 0 Å². The second kappa shape index (κ2) is 11.9. The number of nitrogens with one attached hydrogen (secondary N) is 2. The summed E-state index contributed by atoms with van der Waals surface area (Å²) in [6.45, 7) is 7.23. The Balaban J connectivity index is 1.44. The fourth-order valence-corrected chi connectivity index (χ4v) is 4.81. The molecule has 0 radical (unpaired) electrons. The van der Waals surface area contributed by atoms with Crippen LogP contribution in [-0.4, -0.2) is 55.2 Å². The number of alkyl carbamates (subject to hydrolysis) is 1. The minimum Gasteiger partial charge on any atom is -0.444 e. The Kier molecular flexibility index (Phi) is 8.65. The van der Waals surface area contributed by atoms with Gasteiger partial charge in [0.05, 0.1) is 0 Å². The van der Waals surface area contributed by atoms with Gasteiger partial charge in [0, 0.05) is 31.2 Å². The molecule has 6 nitrogen and oxygen atoms in total. The number of likely N-dealkylation sites (tertiary alicyclic amines) is 1. The van der Waals surface area contributed by atoms with Crippen molar-refractivity contribution in [2.45, 2.75) is 38.8 Å². The van der Waals surface area contributed by atoms with E-state index in [9.17, 15) is 18.4 Å². The van der Waals surface area contributed by atoms with Crippen molar-refractivity contribution in [1.29, 1.82) is 0 Å². The number of hydrogen-bond donors (Lipinski definition) is 2. The number of halogens is 2. The SMILES string of the molecule is CN1C[C@H](CNC(=O)OC(C)(C)C)C[C@H]1CNC(=O)c1cc(-c2ccc(F)cc2)cc(-c2ccc(F)cc2)c1. The number of amides is 2. The molecule has 3 aromatic carbocycles. The van der Waals surface area contributed by atoms with Crippen LogP contribution in [0.25, 0.3) is 22.3 Å². The molecule has 8 heteroatoms. The molecule has 3 aromatic rings. The van der Waals surface area contributed by atoms with Gasteiger partial charge in [0.25, 0.3) is 5.91 Å². The van der Waals surface area contributed by atoms with Gasteiger partial charge >= 0.3 is 6.09 Å². The molecule has 4 rings (SSSR count). The summed E-state index contributed by atoms with van der Waals surface area (Å²) in [6.07, 6.45) is 0.392. The number of hydrogen-bond acceptors (Lipinski definition) is 4. The van der Waals surface area contributed by atoms with Crippen LogP contribution in [0.15, 0.2) is 66.7 Å². The Hall–Kier alpha value is -3.78. The number of carbonyl (C=O) groups is 2. The summed E-state index contributed by atoms with van der Waals surface area (Å²) in [7, 11) is 2.01. The van der Waals surface area contributed by atoms with Crippen molar-refractivity contribution < 1.29 is 23.1 Å². The Labute approximate surface area is 228 Å². The molecule has 206 valence electrons. The third-order valence-corrected chi connectivity index (χ3v) is 6.76. The molecule has 0 spiro atoms. The van der Waals surface area contributed by atoms with Gasteiger partial charge in [0.1, 0.15) is 17.2 Å². The Morgan fingerprint density at radius 3 is 1.90 bits per heavy atom. The van der Waals surface area contributed by atoms with Crippen LogP contribution < -0.4 is 10.6 Å². The average molecular weight is 536 g/mol. The van der Waals surface area contributed by atoms with E-state index in [1.165, 1.54) is 24.3 Å². The average Bonchev–Trinajstić information content (AvgIpc) is 3.25. The topological polar surface area (TPSA) is 70.7 Å². The van der Waals surface area contributed by atoms with E-state index in [2.05, 4.69) is 15.5 Å². The van der Waals surface area contributed by atoms with Crippen LogP contribution in [-0.2, 0) is 4.74 Å². The van der Waals surface area contributed by atoms with E-state index in [0.717, 1.165) is 35.2 Å². The number of carbonyl (C=O) groups excluding carboxylic acids is 2. The van der Waals surface area contributed by atoms with E-state index in [1.54, 1.807) is 36.4 Å². The molecule has 1 aliphatic rings. The summed E-state index contributed by atoms with van der Waals surface area (Å²) in [5.74, 6) is -0.666. The van der Waals surface area contributed by atoms with Crippen LogP contribution in [0.1, 0.15) is 37.6 Å². The molecule has 0 unspecified atom stereocenters. The van der Waals surface area contributed by atoms with Gasteiger partial charge in [-0.1, -0.05) is 24.3 Å². The summed E-state index contributed by atoms with van der Waals surface area (Å²) in [5, 5.41) is 5.89. The van der Waals surface area contributed by atoms with Crippen LogP contribution in [0.4, 0.5) is 13.6 Å². The first-order chi connectivity index (χ1) is 18.5. The first kappa shape index (κ1) is 28.2. The van der Waals surface area contributed by atoms with E-state index in [-0.39, 0.29) is 29.5 Å². The third-order valence-electron chi connectivity index (χ3n) is 6.76. The van der Waals surface area contributed by atoms with Gasteiger partial charge in [-0.2, -0.15) is 0 Å². The maximum atomic E-state index is 13.5. The second-order valence-electron chi connectivity index (χ2n) is 11.1. The maximum absolute atomic E-state index is 13.5. The largest absolute Gasteiger partial charge is 0.444 e. The zero-order valence-electron chi connectivity index (χ0n) is 22.8. The van der Waals surface area contributed by atoms with Gasteiger partial charge in [-0.05, 0) is 105 Å². The van der Waals surface area contributed by atoms with Crippen molar-refractivity contribution in [2.24, 2.45) is 5.92 Å². The van der Waals surface area contributed by atoms with Crippen LogP contribution in [0, 0.1) is 17.6 Å². The fourth-order valence-electron chi connectivity index (χ4n) is 4.81. The Bertz CT molecular complexity index is 1240. The smallest absolute Gasteiger partial charge is 0.407 e. The number of ether oxygens (including phenoxy) is 1. The monoisotopic (exact) mass is 535 g/mol. The predicted molar refractivity (Wildman–Crippen MR) is 148 cm³/mol.